The van der Waals surface area contributed by atoms with Crippen molar-refractivity contribution < 1.29 is 14.3 Å². The molecule has 0 radical (unpaired) electrons. The second-order valence-corrected chi connectivity index (χ2v) is 11.5. The highest BCUT2D eigenvalue weighted by Gasteiger charge is 2.25. The third-order valence-electron chi connectivity index (χ3n) is 5.56. The molecule has 0 fully saturated rings. The third kappa shape index (κ3) is 5.40. The van der Waals surface area contributed by atoms with Gasteiger partial charge >= 0.3 is 5.97 Å². The van der Waals surface area contributed by atoms with Gasteiger partial charge in [0.1, 0.15) is 10.6 Å². The minimum atomic E-state index is -0.479. The number of methoxy groups -OCH3 is 1. The van der Waals surface area contributed by atoms with Gasteiger partial charge in [-0.05, 0) is 38.8 Å². The van der Waals surface area contributed by atoms with Gasteiger partial charge in [0, 0.05) is 32.3 Å². The largest absolute Gasteiger partial charge is 0.465 e. The van der Waals surface area contributed by atoms with E-state index in [4.69, 9.17) is 4.74 Å². The molecule has 7 nitrogen and oxygen atoms in total. The van der Waals surface area contributed by atoms with E-state index in [1.807, 2.05) is 37.3 Å². The molecule has 0 saturated carbocycles. The Morgan fingerprint density at radius 2 is 1.92 bits per heavy atom. The molecule has 3 heterocycles. The summed E-state index contributed by atoms with van der Waals surface area (Å²) in [5.74, 6) is 0.230. The van der Waals surface area contributed by atoms with Crippen LogP contribution >= 0.6 is 34.4 Å². The third-order valence-corrected chi connectivity index (χ3v) is 8.61. The number of nitrogens with zero attached hydrogens (tertiary/aromatic N) is 3. The van der Waals surface area contributed by atoms with Crippen LogP contribution in [0.4, 0.5) is 5.00 Å². The van der Waals surface area contributed by atoms with E-state index < -0.39 is 5.97 Å². The maximum absolute atomic E-state index is 13.0. The second-order valence-electron chi connectivity index (χ2n) is 8.36. The van der Waals surface area contributed by atoms with Crippen LogP contribution in [-0.4, -0.2) is 39.5 Å². The Morgan fingerprint density at radius 3 is 2.56 bits per heavy atom. The van der Waals surface area contributed by atoms with Crippen LogP contribution < -0.4 is 5.32 Å². The van der Waals surface area contributed by atoms with E-state index in [1.165, 1.54) is 35.1 Å². The van der Waals surface area contributed by atoms with Crippen molar-refractivity contribution in [2.45, 2.75) is 45.3 Å². The van der Waals surface area contributed by atoms with Crippen LogP contribution in [0.25, 0.3) is 22.5 Å². The number of hydrogen-bond donors (Lipinski definition) is 1. The average molecular weight is 541 g/mol. The molecule has 1 N–H and O–H groups in total. The number of carbonyl (C=O) groups excluding carboxylic acids is 2. The lowest BCUT2D eigenvalue weighted by atomic mass is 10.0. The highest BCUT2D eigenvalue weighted by molar-refractivity contribution is 7.99. The Kier molecular flexibility index (Phi) is 8.28. The van der Waals surface area contributed by atoms with Crippen molar-refractivity contribution in [3.8, 4) is 22.5 Å². The van der Waals surface area contributed by atoms with E-state index in [9.17, 15) is 9.59 Å². The van der Waals surface area contributed by atoms with Crippen LogP contribution in [0.1, 0.15) is 46.9 Å². The topological polar surface area (TPSA) is 86.1 Å². The van der Waals surface area contributed by atoms with Gasteiger partial charge in [-0.15, -0.1) is 32.9 Å². The van der Waals surface area contributed by atoms with E-state index in [-0.39, 0.29) is 17.7 Å². The van der Waals surface area contributed by atoms with E-state index in [0.717, 1.165) is 33.8 Å². The van der Waals surface area contributed by atoms with Crippen LogP contribution in [0.3, 0.4) is 0 Å². The molecular formula is C26H28N4O3S3. The monoisotopic (exact) mass is 540 g/mol. The lowest BCUT2D eigenvalue weighted by Crippen LogP contribution is -2.16. The molecule has 1 amide bonds. The van der Waals surface area contributed by atoms with Crippen LogP contribution in [-0.2, 0) is 16.0 Å². The predicted molar refractivity (Wildman–Crippen MR) is 148 cm³/mol. The normalized spacial score (nSPS) is 11.2. The zero-order chi connectivity index (χ0) is 25.8. The Balaban J connectivity index is 1.55. The Bertz CT molecular complexity index is 1370. The van der Waals surface area contributed by atoms with Crippen molar-refractivity contribution in [1.29, 1.82) is 0 Å². The number of aromatic nitrogens is 3. The summed E-state index contributed by atoms with van der Waals surface area (Å²) in [5, 5.41) is 15.0. The Morgan fingerprint density at radius 1 is 1.17 bits per heavy atom. The molecule has 0 aliphatic rings. The number of nitrogens with one attached hydrogen (secondary N) is 1. The zero-order valence-corrected chi connectivity index (χ0v) is 23.3. The summed E-state index contributed by atoms with van der Waals surface area (Å²) in [6.45, 7) is 8.22. The van der Waals surface area contributed by atoms with E-state index >= 15 is 0 Å². The SMILES string of the molecule is CCc1cc(-c2nnc(SCC(=O)Nc3sc(C)c(-c4ccccc4)c3C(=O)OC)n2C(C)C)cs1. The van der Waals surface area contributed by atoms with Crippen molar-refractivity contribution in [3.63, 3.8) is 0 Å². The lowest BCUT2D eigenvalue weighted by Gasteiger charge is -2.13. The minimum Gasteiger partial charge on any atom is -0.465 e. The summed E-state index contributed by atoms with van der Waals surface area (Å²) in [5.41, 5.74) is 3.10. The fraction of sp³-hybridized carbons (Fsp3) is 0.308. The number of thiophene rings is 2. The summed E-state index contributed by atoms with van der Waals surface area (Å²) < 4.78 is 7.11. The minimum absolute atomic E-state index is 0.129. The van der Waals surface area contributed by atoms with Crippen molar-refractivity contribution in [3.05, 3.63) is 57.1 Å². The number of rotatable bonds is 9. The Labute approximate surface area is 222 Å². The van der Waals surface area contributed by atoms with Gasteiger partial charge in [-0.3, -0.25) is 9.36 Å². The molecule has 4 rings (SSSR count). The first kappa shape index (κ1) is 26.1. The fourth-order valence-corrected chi connectivity index (χ4v) is 6.66. The maximum Gasteiger partial charge on any atom is 0.341 e. The summed E-state index contributed by atoms with van der Waals surface area (Å²) in [4.78, 5) is 27.9. The molecule has 188 valence electrons. The van der Waals surface area contributed by atoms with Crippen molar-refractivity contribution in [1.82, 2.24) is 14.8 Å². The van der Waals surface area contributed by atoms with Gasteiger partial charge in [0.05, 0.1) is 12.9 Å². The van der Waals surface area contributed by atoms with Crippen LogP contribution in [0, 0.1) is 6.92 Å². The molecule has 3 aromatic heterocycles. The molecule has 4 aromatic rings. The highest BCUT2D eigenvalue weighted by Crippen LogP contribution is 2.40. The van der Waals surface area contributed by atoms with Gasteiger partial charge in [0.2, 0.25) is 5.91 Å². The highest BCUT2D eigenvalue weighted by atomic mass is 32.2. The van der Waals surface area contributed by atoms with Crippen LogP contribution in [0.5, 0.6) is 0 Å². The number of esters is 1. The summed E-state index contributed by atoms with van der Waals surface area (Å²) in [6.07, 6.45) is 0.976. The summed E-state index contributed by atoms with van der Waals surface area (Å²) in [7, 11) is 1.35. The average Bonchev–Trinajstić information content (AvgIpc) is 3.59. The first-order valence-electron chi connectivity index (χ1n) is 11.6. The second kappa shape index (κ2) is 11.4. The molecule has 10 heteroatoms. The smallest absolute Gasteiger partial charge is 0.341 e. The first-order valence-corrected chi connectivity index (χ1v) is 14.2. The van der Waals surface area contributed by atoms with E-state index in [1.54, 1.807) is 11.3 Å². The van der Waals surface area contributed by atoms with Gasteiger partial charge in [-0.25, -0.2) is 4.79 Å². The number of carbonyl (C=O) groups is 2. The number of thioether (sulfide) groups is 1. The standard InChI is InChI=1S/C26H28N4O3S3/c1-6-19-12-18(13-34-19)23-28-29-26(30(23)15(2)3)35-14-20(31)27-24-22(25(32)33-5)21(16(4)36-24)17-10-8-7-9-11-17/h7-13,15H,6,14H2,1-5H3,(H,27,31). The van der Waals surface area contributed by atoms with Gasteiger partial charge in [0.25, 0.3) is 0 Å². The van der Waals surface area contributed by atoms with E-state index in [2.05, 4.69) is 52.3 Å². The molecule has 36 heavy (non-hydrogen) atoms. The fourth-order valence-electron chi connectivity index (χ4n) is 3.90. The number of aryl methyl sites for hydroxylation is 2. The molecule has 1 aromatic carbocycles. The summed E-state index contributed by atoms with van der Waals surface area (Å²) in [6, 6.07) is 11.9. The van der Waals surface area contributed by atoms with Crippen molar-refractivity contribution in [2.75, 3.05) is 18.2 Å². The van der Waals surface area contributed by atoms with Gasteiger partial charge in [-0.2, -0.15) is 0 Å². The molecule has 0 aliphatic heterocycles. The van der Waals surface area contributed by atoms with Gasteiger partial charge in [0.15, 0.2) is 11.0 Å². The molecular weight excluding hydrogens is 513 g/mol. The molecule has 0 aliphatic carbocycles. The van der Waals surface area contributed by atoms with E-state index in [0.29, 0.717) is 15.7 Å². The first-order chi connectivity index (χ1) is 17.3. The number of ether oxygens (including phenoxy) is 1. The number of anilines is 1. The quantitative estimate of drug-likeness (QED) is 0.188. The number of hydrogen-bond acceptors (Lipinski definition) is 8. The molecule has 0 atom stereocenters. The predicted octanol–water partition coefficient (Wildman–Crippen LogP) is 6.70. The molecule has 0 saturated heterocycles. The molecule has 0 unspecified atom stereocenters. The van der Waals surface area contributed by atoms with Crippen LogP contribution in [0.2, 0.25) is 0 Å². The van der Waals surface area contributed by atoms with Crippen molar-refractivity contribution >= 4 is 51.3 Å². The van der Waals surface area contributed by atoms with Crippen LogP contribution in [0.15, 0.2) is 46.9 Å². The van der Waals surface area contributed by atoms with Gasteiger partial charge in [-0.1, -0.05) is 49.0 Å². The van der Waals surface area contributed by atoms with Gasteiger partial charge < -0.3 is 10.1 Å². The lowest BCUT2D eigenvalue weighted by molar-refractivity contribution is -0.113. The maximum atomic E-state index is 13.0. The van der Waals surface area contributed by atoms with Crippen molar-refractivity contribution in [2.24, 2.45) is 0 Å². The Hall–Kier alpha value is -2.95. The number of amides is 1. The number of benzene rings is 1. The molecule has 0 bridgehead atoms. The summed E-state index contributed by atoms with van der Waals surface area (Å²) >= 11 is 4.41. The zero-order valence-electron chi connectivity index (χ0n) is 20.8. The molecule has 0 spiro atoms.